The molecular weight excluding hydrogens is 488 g/mol. The van der Waals surface area contributed by atoms with Crippen molar-refractivity contribution in [2.45, 2.75) is 29.5 Å². The van der Waals surface area contributed by atoms with Gasteiger partial charge in [-0.15, -0.1) is 11.8 Å². The molecule has 2 aliphatic carbocycles. The summed E-state index contributed by atoms with van der Waals surface area (Å²) >= 11 is 9.16. The molecule has 3 fully saturated rings. The number of rotatable bonds is 2. The van der Waals surface area contributed by atoms with Crippen LogP contribution in [0.5, 0.6) is 0 Å². The number of fused-ring (bicyclic) bond motifs is 9. The first kappa shape index (κ1) is 21.0. The van der Waals surface area contributed by atoms with Crippen LogP contribution in [0.25, 0.3) is 0 Å². The topological polar surface area (TPSA) is 70.2 Å². The van der Waals surface area contributed by atoms with Gasteiger partial charge in [0.2, 0.25) is 11.8 Å². The van der Waals surface area contributed by atoms with Crippen molar-refractivity contribution in [1.82, 2.24) is 4.98 Å². The summed E-state index contributed by atoms with van der Waals surface area (Å²) in [5, 5.41) is 1.79. The van der Waals surface area contributed by atoms with Gasteiger partial charge in [0.1, 0.15) is 0 Å². The Kier molecular flexibility index (Phi) is 4.52. The quantitative estimate of drug-likeness (QED) is 0.490. The third kappa shape index (κ3) is 2.77. The van der Waals surface area contributed by atoms with E-state index in [0.29, 0.717) is 10.7 Å². The van der Waals surface area contributed by atoms with Gasteiger partial charge in [-0.05, 0) is 60.9 Å². The van der Waals surface area contributed by atoms with Crippen molar-refractivity contribution in [1.29, 1.82) is 0 Å². The number of carbonyl (C=O) groups is 2. The molecule has 1 aromatic heterocycles. The lowest BCUT2D eigenvalue weighted by atomic mass is 9.68. The highest BCUT2D eigenvalue weighted by Gasteiger charge is 2.69. The van der Waals surface area contributed by atoms with Crippen LogP contribution >= 0.6 is 34.7 Å². The predicted octanol–water partition coefficient (Wildman–Crippen LogP) is 5.08. The zero-order chi connectivity index (χ0) is 23.3. The molecule has 172 valence electrons. The van der Waals surface area contributed by atoms with Gasteiger partial charge in [-0.3, -0.25) is 19.3 Å². The summed E-state index contributed by atoms with van der Waals surface area (Å²) < 4.78 is 0. The number of benzene rings is 2. The Labute approximate surface area is 209 Å². The fourth-order valence-corrected chi connectivity index (χ4v) is 10.0. The molecule has 2 aliphatic heterocycles. The number of carbonyl (C=O) groups excluding carboxylic acids is 2. The number of amides is 2. The Hall–Kier alpha value is -2.35. The number of thiazole rings is 1. The van der Waals surface area contributed by atoms with E-state index < -0.39 is 0 Å². The van der Waals surface area contributed by atoms with Crippen molar-refractivity contribution in [3.05, 3.63) is 79.2 Å². The molecule has 2 amide bonds. The van der Waals surface area contributed by atoms with Crippen molar-refractivity contribution in [3.63, 3.8) is 0 Å². The lowest BCUT2D eigenvalue weighted by Crippen LogP contribution is -2.42. The Morgan fingerprint density at radius 3 is 2.32 bits per heavy atom. The van der Waals surface area contributed by atoms with E-state index in [4.69, 9.17) is 11.6 Å². The van der Waals surface area contributed by atoms with Crippen molar-refractivity contribution in [3.8, 4) is 0 Å². The molecule has 2 bridgehead atoms. The maximum Gasteiger partial charge on any atom is 0.305 e. The first-order valence-electron chi connectivity index (χ1n) is 11.5. The molecule has 7 rings (SSSR count). The number of hydrogen-bond acceptors (Lipinski definition) is 5. The van der Waals surface area contributed by atoms with Crippen LogP contribution in [0.3, 0.4) is 0 Å². The van der Waals surface area contributed by atoms with Crippen molar-refractivity contribution < 1.29 is 9.59 Å². The molecule has 2 saturated carbocycles. The number of halogens is 1. The first-order valence-corrected chi connectivity index (χ1v) is 13.6. The standard InChI is InChI=1S/C26H21ClN2O3S2/c1-11-2-8-14(9-3-11)29-24(30)19-15-10-16(20(19)25(29)31)21-18(15)17(12-4-6-13(27)7-5-12)22-23(33-21)28-26(32)34-22/h2-9,15-21H,10H2,1H3,(H,28,32)/t15-,16-,17-,18-,19+,20-,21+/m0/s1. The lowest BCUT2D eigenvalue weighted by Gasteiger charge is -2.43. The van der Waals surface area contributed by atoms with E-state index in [2.05, 4.69) is 4.98 Å². The number of thioether (sulfide) groups is 1. The summed E-state index contributed by atoms with van der Waals surface area (Å²) in [4.78, 5) is 45.1. The summed E-state index contributed by atoms with van der Waals surface area (Å²) in [5.74, 6) is -0.205. The van der Waals surface area contributed by atoms with Gasteiger partial charge in [0.05, 0.1) is 22.5 Å². The number of anilines is 1. The molecule has 34 heavy (non-hydrogen) atoms. The summed E-state index contributed by atoms with van der Waals surface area (Å²) in [6, 6.07) is 15.5. The van der Waals surface area contributed by atoms with Gasteiger partial charge in [0.25, 0.3) is 0 Å². The van der Waals surface area contributed by atoms with Crippen molar-refractivity contribution in [2.75, 3.05) is 4.90 Å². The minimum absolute atomic E-state index is 0.0229. The summed E-state index contributed by atoms with van der Waals surface area (Å²) in [6.07, 6.45) is 0.889. The van der Waals surface area contributed by atoms with Crippen molar-refractivity contribution in [2.24, 2.45) is 29.6 Å². The Balaban J connectivity index is 1.32. The Bertz CT molecular complexity index is 1400. The number of H-pyrrole nitrogens is 1. The van der Waals surface area contributed by atoms with Gasteiger partial charge in [-0.25, -0.2) is 0 Å². The van der Waals surface area contributed by atoms with Crippen LogP contribution in [-0.4, -0.2) is 22.0 Å². The Morgan fingerprint density at radius 2 is 1.62 bits per heavy atom. The molecule has 7 atom stereocenters. The number of imide groups is 1. The number of nitrogens with one attached hydrogen (secondary N) is 1. The van der Waals surface area contributed by atoms with E-state index in [0.717, 1.165) is 27.5 Å². The molecule has 8 heteroatoms. The van der Waals surface area contributed by atoms with Crippen LogP contribution in [0, 0.1) is 36.5 Å². The van der Waals surface area contributed by atoms with E-state index in [-0.39, 0.29) is 57.4 Å². The molecule has 5 nitrogen and oxygen atoms in total. The summed E-state index contributed by atoms with van der Waals surface area (Å²) in [7, 11) is 0. The molecule has 2 aromatic carbocycles. The second-order valence-corrected chi connectivity index (χ2v) is 12.5. The van der Waals surface area contributed by atoms with E-state index in [1.165, 1.54) is 16.2 Å². The van der Waals surface area contributed by atoms with Crippen LogP contribution in [0.4, 0.5) is 5.69 Å². The molecule has 1 saturated heterocycles. The number of aromatic amines is 1. The fourth-order valence-electron chi connectivity index (χ4n) is 7.01. The van der Waals surface area contributed by atoms with Gasteiger partial charge in [-0.2, -0.15) is 0 Å². The van der Waals surface area contributed by atoms with Gasteiger partial charge in [-0.1, -0.05) is 52.8 Å². The Morgan fingerprint density at radius 1 is 0.941 bits per heavy atom. The van der Waals surface area contributed by atoms with Crippen molar-refractivity contribution >= 4 is 52.2 Å². The molecular formula is C26H21ClN2O3S2. The van der Waals surface area contributed by atoms with E-state index >= 15 is 0 Å². The lowest BCUT2D eigenvalue weighted by molar-refractivity contribution is -0.123. The first-order chi connectivity index (χ1) is 16.4. The fraction of sp³-hybridized carbons (Fsp3) is 0.346. The average molecular weight is 509 g/mol. The highest BCUT2D eigenvalue weighted by atomic mass is 35.5. The van der Waals surface area contributed by atoms with Gasteiger partial charge >= 0.3 is 4.87 Å². The third-order valence-electron chi connectivity index (χ3n) is 8.25. The van der Waals surface area contributed by atoms with E-state index in [9.17, 15) is 14.4 Å². The number of nitrogens with zero attached hydrogens (tertiary/aromatic N) is 1. The predicted molar refractivity (Wildman–Crippen MR) is 134 cm³/mol. The minimum Gasteiger partial charge on any atom is -0.307 e. The van der Waals surface area contributed by atoms with Gasteiger partial charge in [0, 0.05) is 21.1 Å². The zero-order valence-electron chi connectivity index (χ0n) is 18.2. The van der Waals surface area contributed by atoms with Crippen LogP contribution in [0.15, 0.2) is 58.4 Å². The smallest absolute Gasteiger partial charge is 0.305 e. The molecule has 0 unspecified atom stereocenters. The normalized spacial score (nSPS) is 33.2. The average Bonchev–Trinajstić information content (AvgIpc) is 3.54. The highest BCUT2D eigenvalue weighted by molar-refractivity contribution is 8.00. The van der Waals surface area contributed by atoms with Gasteiger partial charge in [0.15, 0.2) is 0 Å². The summed E-state index contributed by atoms with van der Waals surface area (Å²) in [5.41, 5.74) is 2.88. The van der Waals surface area contributed by atoms with Crippen LogP contribution in [-0.2, 0) is 9.59 Å². The maximum atomic E-state index is 13.7. The largest absolute Gasteiger partial charge is 0.307 e. The minimum atomic E-state index is -0.285. The molecule has 0 radical (unpaired) electrons. The van der Waals surface area contributed by atoms with E-state index in [1.54, 1.807) is 11.8 Å². The second kappa shape index (κ2) is 7.33. The second-order valence-electron chi connectivity index (χ2n) is 9.86. The SMILES string of the molecule is Cc1ccc(N2C(=O)[C@@H]3[C@H]4C[C@H]([C@H]5Sc6[nH]c(=O)sc6[C@@H](c6ccc(Cl)cc6)[C@H]45)[C@@H]3C2=O)cc1. The molecule has 1 N–H and O–H groups in total. The molecule has 0 spiro atoms. The van der Waals surface area contributed by atoms with Crippen LogP contribution in [0.1, 0.15) is 28.3 Å². The van der Waals surface area contributed by atoms with Crippen LogP contribution in [0.2, 0.25) is 5.02 Å². The molecule has 3 aromatic rings. The molecule has 3 heterocycles. The number of aryl methyl sites for hydroxylation is 1. The maximum absolute atomic E-state index is 13.7. The summed E-state index contributed by atoms with van der Waals surface area (Å²) in [6.45, 7) is 1.99. The number of aromatic nitrogens is 1. The van der Waals surface area contributed by atoms with Gasteiger partial charge < -0.3 is 4.98 Å². The van der Waals surface area contributed by atoms with E-state index in [1.807, 2.05) is 55.5 Å². The van der Waals surface area contributed by atoms with Crippen LogP contribution < -0.4 is 9.77 Å². The monoisotopic (exact) mass is 508 g/mol. The zero-order valence-corrected chi connectivity index (χ0v) is 20.6. The number of hydrogen-bond donors (Lipinski definition) is 1. The third-order valence-corrected chi connectivity index (χ3v) is 11.1. The molecule has 4 aliphatic rings. The highest BCUT2D eigenvalue weighted by Crippen LogP contribution is 2.68.